The van der Waals surface area contributed by atoms with Crippen molar-refractivity contribution < 1.29 is 5.11 Å². The van der Waals surface area contributed by atoms with Gasteiger partial charge in [0, 0.05) is 5.25 Å². The van der Waals surface area contributed by atoms with Gasteiger partial charge in [-0.15, -0.1) is 0 Å². The topological polar surface area (TPSA) is 83.8 Å². The third kappa shape index (κ3) is 2.75. The SMILES string of the molecule is O=c1[nH]c(S[C@@H]2Cc3ccccc3[C@H]2O)nc2c1cnn2-c1ccccc1. The van der Waals surface area contributed by atoms with E-state index < -0.39 is 6.10 Å². The summed E-state index contributed by atoms with van der Waals surface area (Å²) in [6, 6.07) is 17.5. The van der Waals surface area contributed by atoms with Crippen LogP contribution in [-0.4, -0.2) is 30.1 Å². The summed E-state index contributed by atoms with van der Waals surface area (Å²) in [5.74, 6) is 0. The third-order valence-corrected chi connectivity index (χ3v) is 5.97. The van der Waals surface area contributed by atoms with E-state index in [4.69, 9.17) is 0 Å². The van der Waals surface area contributed by atoms with E-state index in [1.165, 1.54) is 18.0 Å². The number of aliphatic hydroxyl groups excluding tert-OH is 1. The molecule has 27 heavy (non-hydrogen) atoms. The summed E-state index contributed by atoms with van der Waals surface area (Å²) in [6.07, 6.45) is 1.69. The van der Waals surface area contributed by atoms with Crippen LogP contribution in [0.4, 0.5) is 0 Å². The summed E-state index contributed by atoms with van der Waals surface area (Å²) in [5, 5.41) is 15.8. The fourth-order valence-corrected chi connectivity index (χ4v) is 4.62. The Morgan fingerprint density at radius 3 is 2.70 bits per heavy atom. The molecule has 2 atom stereocenters. The Hall–Kier alpha value is -2.90. The molecule has 1 aliphatic rings. The third-order valence-electron chi connectivity index (χ3n) is 4.83. The van der Waals surface area contributed by atoms with Gasteiger partial charge in [-0.25, -0.2) is 9.67 Å². The zero-order valence-corrected chi connectivity index (χ0v) is 15.1. The predicted octanol–water partition coefficient (Wildman–Crippen LogP) is 2.86. The van der Waals surface area contributed by atoms with E-state index >= 15 is 0 Å². The number of fused-ring (bicyclic) bond motifs is 2. The van der Waals surface area contributed by atoms with Gasteiger partial charge in [-0.1, -0.05) is 54.2 Å². The quantitative estimate of drug-likeness (QED) is 0.537. The average molecular weight is 376 g/mol. The molecule has 4 aromatic rings. The lowest BCUT2D eigenvalue weighted by Crippen LogP contribution is -2.14. The summed E-state index contributed by atoms with van der Waals surface area (Å²) in [6.45, 7) is 0. The number of rotatable bonds is 3. The summed E-state index contributed by atoms with van der Waals surface area (Å²) < 4.78 is 1.66. The van der Waals surface area contributed by atoms with Crippen molar-refractivity contribution in [1.82, 2.24) is 19.7 Å². The van der Waals surface area contributed by atoms with E-state index in [1.807, 2.05) is 54.6 Å². The smallest absolute Gasteiger partial charge is 0.262 e. The van der Waals surface area contributed by atoms with Crippen molar-refractivity contribution in [2.24, 2.45) is 0 Å². The van der Waals surface area contributed by atoms with E-state index in [1.54, 1.807) is 4.68 Å². The van der Waals surface area contributed by atoms with E-state index in [0.717, 1.165) is 23.2 Å². The number of hydrogen-bond donors (Lipinski definition) is 2. The van der Waals surface area contributed by atoms with E-state index in [9.17, 15) is 9.90 Å². The van der Waals surface area contributed by atoms with E-state index in [2.05, 4.69) is 15.1 Å². The van der Waals surface area contributed by atoms with Crippen LogP contribution in [0.1, 0.15) is 17.2 Å². The molecule has 0 fully saturated rings. The minimum Gasteiger partial charge on any atom is -0.387 e. The van der Waals surface area contributed by atoms with Crippen LogP contribution in [0.2, 0.25) is 0 Å². The van der Waals surface area contributed by atoms with Crippen molar-refractivity contribution in [2.45, 2.75) is 22.9 Å². The normalized spacial score (nSPS) is 18.7. The first-order valence-electron chi connectivity index (χ1n) is 8.67. The highest BCUT2D eigenvalue weighted by Gasteiger charge is 2.32. The number of para-hydroxylation sites is 1. The Morgan fingerprint density at radius 2 is 1.89 bits per heavy atom. The number of nitrogens with one attached hydrogen (secondary N) is 1. The van der Waals surface area contributed by atoms with Crippen molar-refractivity contribution in [3.8, 4) is 5.69 Å². The number of aliphatic hydroxyl groups is 1. The monoisotopic (exact) mass is 376 g/mol. The average Bonchev–Trinajstić information content (AvgIpc) is 3.25. The molecular weight excluding hydrogens is 360 g/mol. The zero-order chi connectivity index (χ0) is 18.4. The Bertz CT molecular complexity index is 1190. The minimum atomic E-state index is -0.578. The van der Waals surface area contributed by atoms with Gasteiger partial charge in [-0.05, 0) is 29.7 Å². The van der Waals surface area contributed by atoms with Gasteiger partial charge in [-0.3, -0.25) is 4.79 Å². The molecule has 1 aliphatic carbocycles. The lowest BCUT2D eigenvalue weighted by molar-refractivity contribution is 0.185. The maximum Gasteiger partial charge on any atom is 0.262 e. The van der Waals surface area contributed by atoms with Gasteiger partial charge < -0.3 is 10.1 Å². The standard InChI is InChI=1S/C20H16N4O2S/c25-17-14-9-5-4-6-12(14)10-16(17)27-20-22-18-15(19(26)23-20)11-21-24(18)13-7-2-1-3-8-13/h1-9,11,16-17,25H,10H2,(H,22,23,26)/t16-,17-/m1/s1. The molecule has 0 amide bonds. The van der Waals surface area contributed by atoms with Crippen LogP contribution in [0, 0.1) is 0 Å². The highest BCUT2D eigenvalue weighted by molar-refractivity contribution is 7.99. The van der Waals surface area contributed by atoms with Crippen molar-refractivity contribution in [2.75, 3.05) is 0 Å². The van der Waals surface area contributed by atoms with Crippen molar-refractivity contribution >= 4 is 22.8 Å². The lowest BCUT2D eigenvalue weighted by atomic mass is 10.1. The molecule has 2 aromatic carbocycles. The molecule has 2 heterocycles. The molecule has 2 aromatic heterocycles. The van der Waals surface area contributed by atoms with Gasteiger partial charge in [0.15, 0.2) is 10.8 Å². The van der Waals surface area contributed by atoms with Gasteiger partial charge in [0.2, 0.25) is 0 Å². The molecule has 6 nitrogen and oxygen atoms in total. The van der Waals surface area contributed by atoms with Gasteiger partial charge in [0.1, 0.15) is 5.39 Å². The fourth-order valence-electron chi connectivity index (χ4n) is 3.50. The highest BCUT2D eigenvalue weighted by Crippen LogP contribution is 2.40. The molecule has 134 valence electrons. The highest BCUT2D eigenvalue weighted by atomic mass is 32.2. The molecule has 0 saturated heterocycles. The van der Waals surface area contributed by atoms with Gasteiger partial charge in [0.25, 0.3) is 5.56 Å². The second kappa shape index (κ2) is 6.37. The van der Waals surface area contributed by atoms with Crippen LogP contribution in [0.3, 0.4) is 0 Å². The Balaban J connectivity index is 1.53. The molecule has 5 rings (SSSR count). The Labute approximate surface area is 158 Å². The van der Waals surface area contributed by atoms with Gasteiger partial charge in [-0.2, -0.15) is 5.10 Å². The second-order valence-corrected chi connectivity index (χ2v) is 7.73. The van der Waals surface area contributed by atoms with E-state index in [0.29, 0.717) is 16.2 Å². The molecule has 0 spiro atoms. The minimum absolute atomic E-state index is 0.0869. The Kier molecular flexibility index (Phi) is 3.84. The number of hydrogen-bond acceptors (Lipinski definition) is 5. The lowest BCUT2D eigenvalue weighted by Gasteiger charge is -2.13. The van der Waals surface area contributed by atoms with Crippen LogP contribution in [-0.2, 0) is 6.42 Å². The molecular formula is C20H16N4O2S. The van der Waals surface area contributed by atoms with Crippen LogP contribution >= 0.6 is 11.8 Å². The Morgan fingerprint density at radius 1 is 1.11 bits per heavy atom. The first-order valence-corrected chi connectivity index (χ1v) is 9.54. The molecule has 0 radical (unpaired) electrons. The summed E-state index contributed by atoms with van der Waals surface area (Å²) in [7, 11) is 0. The molecule has 2 N–H and O–H groups in total. The van der Waals surface area contributed by atoms with Crippen LogP contribution in [0.15, 0.2) is 70.7 Å². The largest absolute Gasteiger partial charge is 0.387 e. The maximum absolute atomic E-state index is 12.5. The number of nitrogens with zero attached hydrogens (tertiary/aromatic N) is 3. The molecule has 7 heteroatoms. The van der Waals surface area contributed by atoms with Crippen LogP contribution in [0.5, 0.6) is 0 Å². The van der Waals surface area contributed by atoms with Crippen molar-refractivity contribution in [1.29, 1.82) is 0 Å². The molecule has 0 unspecified atom stereocenters. The number of benzene rings is 2. The summed E-state index contributed by atoms with van der Waals surface area (Å²) in [5.41, 5.74) is 3.22. The van der Waals surface area contributed by atoms with Gasteiger partial charge >= 0.3 is 0 Å². The number of H-pyrrole nitrogens is 1. The molecule has 0 aliphatic heterocycles. The fraction of sp³-hybridized carbons (Fsp3) is 0.150. The first kappa shape index (κ1) is 16.3. The number of thioether (sulfide) groups is 1. The van der Waals surface area contributed by atoms with Crippen LogP contribution < -0.4 is 5.56 Å². The molecule has 0 bridgehead atoms. The summed E-state index contributed by atoms with van der Waals surface area (Å²) >= 11 is 1.39. The van der Waals surface area contributed by atoms with Crippen LogP contribution in [0.25, 0.3) is 16.7 Å². The number of aromatic amines is 1. The number of aromatic nitrogens is 4. The van der Waals surface area contributed by atoms with E-state index in [-0.39, 0.29) is 10.8 Å². The van der Waals surface area contributed by atoms with Crippen molar-refractivity contribution in [3.63, 3.8) is 0 Å². The van der Waals surface area contributed by atoms with Gasteiger partial charge in [0.05, 0.1) is 18.0 Å². The van der Waals surface area contributed by atoms with Crippen molar-refractivity contribution in [3.05, 3.63) is 82.3 Å². The molecule has 0 saturated carbocycles. The predicted molar refractivity (Wildman–Crippen MR) is 104 cm³/mol. The maximum atomic E-state index is 12.5. The first-order chi connectivity index (χ1) is 13.2. The second-order valence-electron chi connectivity index (χ2n) is 6.50. The summed E-state index contributed by atoms with van der Waals surface area (Å²) in [4.78, 5) is 19.9. The zero-order valence-electron chi connectivity index (χ0n) is 14.2.